The van der Waals surface area contributed by atoms with Crippen molar-refractivity contribution in [1.29, 1.82) is 0 Å². The van der Waals surface area contributed by atoms with Crippen molar-refractivity contribution in [3.05, 3.63) is 35.9 Å². The average Bonchev–Trinajstić information content (AvgIpc) is 2.30. The number of hydrogen-bond donors (Lipinski definition) is 0. The minimum Gasteiger partial charge on any atom is -0.369 e. The fourth-order valence-corrected chi connectivity index (χ4v) is 2.40. The molecule has 0 spiro atoms. The van der Waals surface area contributed by atoms with Gasteiger partial charge in [0.15, 0.2) is 0 Å². The molecule has 0 radical (unpaired) electrons. The molecule has 2 atom stereocenters. The molecule has 14 heavy (non-hydrogen) atoms. The van der Waals surface area contributed by atoms with E-state index in [0.29, 0.717) is 12.2 Å². The van der Waals surface area contributed by atoms with Crippen LogP contribution in [0.3, 0.4) is 0 Å². The predicted molar refractivity (Wildman–Crippen MR) is 61.7 cm³/mol. The fourth-order valence-electron chi connectivity index (χ4n) is 1.93. The van der Waals surface area contributed by atoms with Crippen LogP contribution in [0.15, 0.2) is 30.3 Å². The highest BCUT2D eigenvalue weighted by molar-refractivity contribution is 9.09. The summed E-state index contributed by atoms with van der Waals surface area (Å²) in [5, 5.41) is 0.955. The molecule has 1 nitrogen and oxygen atoms in total. The van der Waals surface area contributed by atoms with Gasteiger partial charge in [-0.15, -0.1) is 0 Å². The summed E-state index contributed by atoms with van der Waals surface area (Å²) in [4.78, 5) is 0. The van der Waals surface area contributed by atoms with Crippen molar-refractivity contribution in [3.8, 4) is 0 Å². The predicted octanol–water partition coefficient (Wildman–Crippen LogP) is 3.69. The molecule has 0 N–H and O–H groups in total. The topological polar surface area (TPSA) is 9.23 Å². The number of ether oxygens (including phenoxy) is 1. The van der Waals surface area contributed by atoms with Gasteiger partial charge in [0.25, 0.3) is 0 Å². The van der Waals surface area contributed by atoms with Gasteiger partial charge in [0, 0.05) is 5.33 Å². The first-order valence-corrected chi connectivity index (χ1v) is 6.28. The smallest absolute Gasteiger partial charge is 0.0829 e. The molecule has 1 aliphatic rings. The lowest BCUT2D eigenvalue weighted by atomic mass is 9.99. The van der Waals surface area contributed by atoms with Crippen molar-refractivity contribution in [2.24, 2.45) is 0 Å². The number of benzene rings is 1. The molecule has 0 aliphatic carbocycles. The van der Waals surface area contributed by atoms with Gasteiger partial charge in [0.1, 0.15) is 0 Å². The van der Waals surface area contributed by atoms with Gasteiger partial charge >= 0.3 is 0 Å². The van der Waals surface area contributed by atoms with Crippen molar-refractivity contribution in [2.45, 2.75) is 31.5 Å². The Morgan fingerprint density at radius 2 is 2.00 bits per heavy atom. The van der Waals surface area contributed by atoms with E-state index in [1.807, 2.05) is 6.07 Å². The summed E-state index contributed by atoms with van der Waals surface area (Å²) < 4.78 is 5.97. The number of hydrogen-bond acceptors (Lipinski definition) is 1. The van der Waals surface area contributed by atoms with Gasteiger partial charge in [0.05, 0.1) is 12.2 Å². The van der Waals surface area contributed by atoms with E-state index < -0.39 is 0 Å². The SMILES string of the molecule is BrC[C@@H]1CCC[C@@H](c2ccccc2)O1. The Morgan fingerprint density at radius 1 is 1.21 bits per heavy atom. The van der Waals surface area contributed by atoms with Gasteiger partial charge in [-0.25, -0.2) is 0 Å². The minimum absolute atomic E-state index is 0.312. The van der Waals surface area contributed by atoms with Crippen LogP contribution >= 0.6 is 15.9 Å². The van der Waals surface area contributed by atoms with E-state index >= 15 is 0 Å². The Balaban J connectivity index is 2.04. The largest absolute Gasteiger partial charge is 0.369 e. The van der Waals surface area contributed by atoms with Crippen molar-refractivity contribution < 1.29 is 4.74 Å². The fraction of sp³-hybridized carbons (Fsp3) is 0.500. The molecule has 1 saturated heterocycles. The van der Waals surface area contributed by atoms with Gasteiger partial charge in [0.2, 0.25) is 0 Å². The second-order valence-electron chi connectivity index (χ2n) is 3.74. The van der Waals surface area contributed by atoms with Gasteiger partial charge in [-0.2, -0.15) is 0 Å². The van der Waals surface area contributed by atoms with Crippen molar-refractivity contribution in [3.63, 3.8) is 0 Å². The zero-order chi connectivity index (χ0) is 9.80. The molecular weight excluding hydrogens is 240 g/mol. The molecule has 0 saturated carbocycles. The third-order valence-corrected chi connectivity index (χ3v) is 3.41. The molecule has 0 bridgehead atoms. The van der Waals surface area contributed by atoms with Crippen LogP contribution < -0.4 is 0 Å². The zero-order valence-electron chi connectivity index (χ0n) is 8.16. The number of rotatable bonds is 2. The number of halogens is 1. The molecule has 2 rings (SSSR count). The molecule has 1 fully saturated rings. The summed E-state index contributed by atoms with van der Waals surface area (Å²) in [6.45, 7) is 0. The zero-order valence-corrected chi connectivity index (χ0v) is 9.74. The quantitative estimate of drug-likeness (QED) is 0.732. The summed E-state index contributed by atoms with van der Waals surface area (Å²) in [5.41, 5.74) is 1.32. The maximum absolute atomic E-state index is 5.97. The van der Waals surface area contributed by atoms with E-state index in [9.17, 15) is 0 Å². The summed E-state index contributed by atoms with van der Waals surface area (Å²) in [5.74, 6) is 0. The van der Waals surface area contributed by atoms with E-state index in [1.165, 1.54) is 18.4 Å². The van der Waals surface area contributed by atoms with Crippen LogP contribution in [-0.4, -0.2) is 11.4 Å². The van der Waals surface area contributed by atoms with Crippen molar-refractivity contribution in [1.82, 2.24) is 0 Å². The van der Waals surface area contributed by atoms with Crippen LogP contribution in [0.25, 0.3) is 0 Å². The maximum atomic E-state index is 5.97. The van der Waals surface area contributed by atoms with Crippen molar-refractivity contribution in [2.75, 3.05) is 5.33 Å². The Labute approximate surface area is 93.6 Å². The molecule has 76 valence electrons. The van der Waals surface area contributed by atoms with Crippen LogP contribution in [0, 0.1) is 0 Å². The minimum atomic E-state index is 0.312. The highest BCUT2D eigenvalue weighted by Gasteiger charge is 2.22. The van der Waals surface area contributed by atoms with Crippen molar-refractivity contribution >= 4 is 15.9 Å². The van der Waals surface area contributed by atoms with Crippen LogP contribution in [0.1, 0.15) is 30.9 Å². The van der Waals surface area contributed by atoms with Crippen LogP contribution in [0.2, 0.25) is 0 Å². The van der Waals surface area contributed by atoms with Crippen LogP contribution in [-0.2, 0) is 4.74 Å². The van der Waals surface area contributed by atoms with Gasteiger partial charge in [-0.1, -0.05) is 46.3 Å². The van der Waals surface area contributed by atoms with Crippen LogP contribution in [0.5, 0.6) is 0 Å². The lowest BCUT2D eigenvalue weighted by Crippen LogP contribution is -2.23. The Kier molecular flexibility index (Phi) is 3.60. The lowest BCUT2D eigenvalue weighted by molar-refractivity contribution is -0.0383. The lowest BCUT2D eigenvalue weighted by Gasteiger charge is -2.29. The standard InChI is InChI=1S/C12H15BrO/c13-9-11-7-4-8-12(14-11)10-5-2-1-3-6-10/h1-3,5-6,11-12H,4,7-9H2/t11-,12-/m0/s1. The Hall–Kier alpha value is -0.340. The molecular formula is C12H15BrO. The summed E-state index contributed by atoms with van der Waals surface area (Å²) in [7, 11) is 0. The molecule has 1 aromatic rings. The van der Waals surface area contributed by atoms with E-state index in [0.717, 1.165) is 11.8 Å². The second kappa shape index (κ2) is 4.94. The summed E-state index contributed by atoms with van der Waals surface area (Å²) in [6, 6.07) is 10.5. The first-order chi connectivity index (χ1) is 6.90. The van der Waals surface area contributed by atoms with Gasteiger partial charge < -0.3 is 4.74 Å². The van der Waals surface area contributed by atoms with E-state index in [1.54, 1.807) is 0 Å². The first-order valence-electron chi connectivity index (χ1n) is 5.16. The van der Waals surface area contributed by atoms with E-state index in [2.05, 4.69) is 40.2 Å². The third-order valence-electron chi connectivity index (χ3n) is 2.69. The molecule has 1 heterocycles. The monoisotopic (exact) mass is 254 g/mol. The molecule has 0 unspecified atom stereocenters. The third kappa shape index (κ3) is 2.37. The Morgan fingerprint density at radius 3 is 2.71 bits per heavy atom. The van der Waals surface area contributed by atoms with E-state index in [4.69, 9.17) is 4.74 Å². The maximum Gasteiger partial charge on any atom is 0.0829 e. The molecule has 0 amide bonds. The number of alkyl halides is 1. The first kappa shape index (κ1) is 10.2. The molecule has 1 aromatic carbocycles. The average molecular weight is 255 g/mol. The molecule has 2 heteroatoms. The van der Waals surface area contributed by atoms with Gasteiger partial charge in [-0.05, 0) is 24.8 Å². The summed E-state index contributed by atoms with van der Waals surface area (Å²) >= 11 is 3.49. The molecule has 1 aliphatic heterocycles. The molecule has 0 aromatic heterocycles. The highest BCUT2D eigenvalue weighted by Crippen LogP contribution is 2.31. The second-order valence-corrected chi connectivity index (χ2v) is 4.39. The Bertz CT molecular complexity index is 273. The van der Waals surface area contributed by atoms with Gasteiger partial charge in [-0.3, -0.25) is 0 Å². The van der Waals surface area contributed by atoms with E-state index in [-0.39, 0.29) is 0 Å². The normalized spacial score (nSPS) is 27.5. The van der Waals surface area contributed by atoms with Crippen LogP contribution in [0.4, 0.5) is 0 Å². The summed E-state index contributed by atoms with van der Waals surface area (Å²) in [6.07, 6.45) is 4.33. The highest BCUT2D eigenvalue weighted by atomic mass is 79.9.